The Morgan fingerprint density at radius 1 is 1.15 bits per heavy atom. The zero-order chi connectivity index (χ0) is 20.0. The summed E-state index contributed by atoms with van der Waals surface area (Å²) in [5.41, 5.74) is 5.66. The molecule has 0 aliphatic heterocycles. The van der Waals surface area contributed by atoms with Gasteiger partial charge in [0, 0.05) is 12.6 Å². The molecule has 1 aromatic heterocycles. The maximum atomic E-state index is 11.7. The van der Waals surface area contributed by atoms with Crippen molar-refractivity contribution in [3.63, 3.8) is 0 Å². The lowest BCUT2D eigenvalue weighted by atomic mass is 10.00. The van der Waals surface area contributed by atoms with Crippen molar-refractivity contribution >= 4 is 23.4 Å². The summed E-state index contributed by atoms with van der Waals surface area (Å²) >= 11 is 0. The molecule has 0 saturated heterocycles. The van der Waals surface area contributed by atoms with Crippen LogP contribution in [-0.2, 0) is 11.3 Å². The van der Waals surface area contributed by atoms with Crippen LogP contribution in [0.1, 0.15) is 43.0 Å². The normalized spacial score (nSPS) is 10.6. The third-order valence-electron chi connectivity index (χ3n) is 4.12. The van der Waals surface area contributed by atoms with E-state index in [1.807, 2.05) is 26.0 Å². The van der Waals surface area contributed by atoms with Crippen molar-refractivity contribution in [1.82, 2.24) is 4.98 Å². The highest BCUT2D eigenvalue weighted by Crippen LogP contribution is 2.24. The molecule has 0 aliphatic carbocycles. The maximum absolute atomic E-state index is 11.7. The number of benzene rings is 1. The molecule has 6 nitrogen and oxygen atoms in total. The number of carbonyl (C=O) groups excluding carboxylic acids is 1. The zero-order valence-electron chi connectivity index (χ0n) is 17.1. The van der Waals surface area contributed by atoms with Gasteiger partial charge in [-0.2, -0.15) is 0 Å². The summed E-state index contributed by atoms with van der Waals surface area (Å²) in [5.74, 6) is 1.35. The van der Waals surface area contributed by atoms with E-state index >= 15 is 0 Å². The van der Waals surface area contributed by atoms with Crippen LogP contribution in [0.25, 0.3) is 0 Å². The van der Waals surface area contributed by atoms with Crippen molar-refractivity contribution in [3.05, 3.63) is 46.5 Å². The van der Waals surface area contributed by atoms with Gasteiger partial charge >= 0.3 is 6.09 Å². The molecule has 0 fully saturated rings. The molecular formula is C21H30N4O2. The molecule has 0 unspecified atom stereocenters. The van der Waals surface area contributed by atoms with Gasteiger partial charge in [0.2, 0.25) is 0 Å². The fraction of sp³-hybridized carbons (Fsp3) is 0.429. The Hall–Kier alpha value is -2.76. The van der Waals surface area contributed by atoms with Crippen LogP contribution in [0.2, 0.25) is 0 Å². The van der Waals surface area contributed by atoms with Crippen molar-refractivity contribution < 1.29 is 9.53 Å². The van der Waals surface area contributed by atoms with E-state index in [9.17, 15) is 4.79 Å². The van der Waals surface area contributed by atoms with Gasteiger partial charge in [-0.05, 0) is 70.4 Å². The molecule has 27 heavy (non-hydrogen) atoms. The Kier molecular flexibility index (Phi) is 7.05. The van der Waals surface area contributed by atoms with Crippen LogP contribution in [0.15, 0.2) is 24.3 Å². The number of ether oxygens (including phenoxy) is 1. The largest absolute Gasteiger partial charge is 0.450 e. The Morgan fingerprint density at radius 3 is 2.41 bits per heavy atom. The quantitative estimate of drug-likeness (QED) is 0.639. The molecule has 2 aromatic rings. The second-order valence-corrected chi connectivity index (χ2v) is 6.97. The van der Waals surface area contributed by atoms with Gasteiger partial charge in [-0.3, -0.25) is 5.32 Å². The average Bonchev–Trinajstić information content (AvgIpc) is 2.55. The number of pyridine rings is 1. The summed E-state index contributed by atoms with van der Waals surface area (Å²) in [5, 5.41) is 9.38. The monoisotopic (exact) mass is 370 g/mol. The van der Waals surface area contributed by atoms with Gasteiger partial charge in [-0.1, -0.05) is 17.7 Å². The van der Waals surface area contributed by atoms with Gasteiger partial charge in [0.25, 0.3) is 0 Å². The van der Waals surface area contributed by atoms with Crippen molar-refractivity contribution in [3.8, 4) is 0 Å². The van der Waals surface area contributed by atoms with E-state index in [0.29, 0.717) is 24.7 Å². The molecule has 0 bridgehead atoms. The predicted molar refractivity (Wildman–Crippen MR) is 112 cm³/mol. The minimum Gasteiger partial charge on any atom is -0.450 e. The molecule has 1 amide bonds. The van der Waals surface area contributed by atoms with Crippen LogP contribution in [0, 0.1) is 20.8 Å². The summed E-state index contributed by atoms with van der Waals surface area (Å²) in [6.45, 7) is 13.2. The van der Waals surface area contributed by atoms with E-state index in [-0.39, 0.29) is 6.04 Å². The van der Waals surface area contributed by atoms with Crippen LogP contribution in [0.4, 0.5) is 22.1 Å². The standard InChI is InChI=1S/C21H30N4O2/c1-7-27-21(26)24-18-8-9-19(25-20(18)23-13(2)3)22-12-17-15(5)10-14(4)11-16(17)6/h8-11,13H,7,12H2,1-6H3,(H,24,26)(H2,22,23,25). The number of hydrogen-bond acceptors (Lipinski definition) is 5. The molecule has 0 radical (unpaired) electrons. The van der Waals surface area contributed by atoms with Crippen molar-refractivity contribution in [2.75, 3.05) is 22.6 Å². The molecule has 3 N–H and O–H groups in total. The second kappa shape index (κ2) is 9.26. The fourth-order valence-electron chi connectivity index (χ4n) is 2.99. The third kappa shape index (κ3) is 5.88. The number of hydrogen-bond donors (Lipinski definition) is 3. The second-order valence-electron chi connectivity index (χ2n) is 6.97. The molecule has 1 heterocycles. The lowest BCUT2D eigenvalue weighted by molar-refractivity contribution is 0.168. The van der Waals surface area contributed by atoms with Crippen LogP contribution in [0.5, 0.6) is 0 Å². The number of carbonyl (C=O) groups is 1. The lowest BCUT2D eigenvalue weighted by Crippen LogP contribution is -2.18. The number of amides is 1. The number of nitrogens with zero attached hydrogens (tertiary/aromatic N) is 1. The molecule has 6 heteroatoms. The van der Waals surface area contributed by atoms with Crippen LogP contribution >= 0.6 is 0 Å². The van der Waals surface area contributed by atoms with Crippen molar-refractivity contribution in [2.24, 2.45) is 0 Å². The van der Waals surface area contributed by atoms with Crippen molar-refractivity contribution in [2.45, 2.75) is 54.1 Å². The van der Waals surface area contributed by atoms with Gasteiger partial charge in [0.1, 0.15) is 5.82 Å². The number of aryl methyl sites for hydroxylation is 3. The minimum absolute atomic E-state index is 0.178. The molecule has 2 rings (SSSR count). The Labute approximate surface area is 161 Å². The highest BCUT2D eigenvalue weighted by Gasteiger charge is 2.11. The van der Waals surface area contributed by atoms with Gasteiger partial charge in [0.15, 0.2) is 5.82 Å². The smallest absolute Gasteiger partial charge is 0.411 e. The van der Waals surface area contributed by atoms with E-state index in [1.165, 1.54) is 22.3 Å². The molecule has 146 valence electrons. The van der Waals surface area contributed by atoms with Gasteiger partial charge in [-0.25, -0.2) is 9.78 Å². The Balaban J connectivity index is 2.19. The molecule has 0 spiro atoms. The van der Waals surface area contributed by atoms with Gasteiger partial charge < -0.3 is 15.4 Å². The molecule has 0 aliphatic rings. The average molecular weight is 370 g/mol. The summed E-state index contributed by atoms with van der Waals surface area (Å²) in [7, 11) is 0. The Morgan fingerprint density at radius 2 is 1.81 bits per heavy atom. The molecule has 0 saturated carbocycles. The number of nitrogens with one attached hydrogen (secondary N) is 3. The van der Waals surface area contributed by atoms with E-state index in [0.717, 1.165) is 5.82 Å². The summed E-state index contributed by atoms with van der Waals surface area (Å²) < 4.78 is 4.96. The fourth-order valence-corrected chi connectivity index (χ4v) is 2.99. The van der Waals surface area contributed by atoms with Crippen LogP contribution < -0.4 is 16.0 Å². The minimum atomic E-state index is -0.488. The first-order valence-electron chi connectivity index (χ1n) is 9.32. The summed E-state index contributed by atoms with van der Waals surface area (Å²) in [4.78, 5) is 16.4. The molecule has 1 aromatic carbocycles. The highest BCUT2D eigenvalue weighted by molar-refractivity contribution is 5.88. The molecular weight excluding hydrogens is 340 g/mol. The topological polar surface area (TPSA) is 75.3 Å². The van der Waals surface area contributed by atoms with E-state index < -0.39 is 6.09 Å². The first kappa shape index (κ1) is 20.6. The molecule has 0 atom stereocenters. The zero-order valence-corrected chi connectivity index (χ0v) is 17.1. The van der Waals surface area contributed by atoms with E-state index in [1.54, 1.807) is 6.92 Å². The summed E-state index contributed by atoms with van der Waals surface area (Å²) in [6, 6.07) is 8.24. The maximum Gasteiger partial charge on any atom is 0.411 e. The lowest BCUT2D eigenvalue weighted by Gasteiger charge is -2.17. The third-order valence-corrected chi connectivity index (χ3v) is 4.12. The van der Waals surface area contributed by atoms with Crippen molar-refractivity contribution in [1.29, 1.82) is 0 Å². The SMILES string of the molecule is CCOC(=O)Nc1ccc(NCc2c(C)cc(C)cc2C)nc1NC(C)C. The number of aromatic nitrogens is 1. The highest BCUT2D eigenvalue weighted by atomic mass is 16.5. The van der Waals surface area contributed by atoms with Crippen LogP contribution in [-0.4, -0.2) is 23.7 Å². The first-order chi connectivity index (χ1) is 12.8. The van der Waals surface area contributed by atoms with Gasteiger partial charge in [-0.15, -0.1) is 0 Å². The van der Waals surface area contributed by atoms with E-state index in [4.69, 9.17) is 4.74 Å². The van der Waals surface area contributed by atoms with Crippen LogP contribution in [0.3, 0.4) is 0 Å². The van der Waals surface area contributed by atoms with E-state index in [2.05, 4.69) is 53.8 Å². The van der Waals surface area contributed by atoms with Gasteiger partial charge in [0.05, 0.1) is 12.3 Å². The summed E-state index contributed by atoms with van der Waals surface area (Å²) in [6.07, 6.45) is -0.488. The Bertz CT molecular complexity index is 780. The predicted octanol–water partition coefficient (Wildman–Crippen LogP) is 5.01. The first-order valence-corrected chi connectivity index (χ1v) is 9.32. The number of rotatable bonds is 7. The number of anilines is 3.